The molecule has 1 aromatic rings. The summed E-state index contributed by atoms with van der Waals surface area (Å²) in [6, 6.07) is 7.79. The van der Waals surface area contributed by atoms with Gasteiger partial charge in [-0.05, 0) is 43.4 Å². The lowest BCUT2D eigenvalue weighted by molar-refractivity contribution is -0.129. The van der Waals surface area contributed by atoms with Gasteiger partial charge in [0, 0.05) is 18.2 Å². The smallest absolute Gasteiger partial charge is 0.148 e. The quantitative estimate of drug-likeness (QED) is 0.831. The number of hydrogen-bond acceptors (Lipinski definition) is 3. The van der Waals surface area contributed by atoms with Crippen molar-refractivity contribution in [3.63, 3.8) is 0 Å². The van der Waals surface area contributed by atoms with E-state index in [4.69, 9.17) is 10.5 Å². The van der Waals surface area contributed by atoms with E-state index in [1.165, 1.54) is 0 Å². The summed E-state index contributed by atoms with van der Waals surface area (Å²) in [5, 5.41) is 0. The summed E-state index contributed by atoms with van der Waals surface area (Å²) in [5.74, 6) is 0.478. The summed E-state index contributed by atoms with van der Waals surface area (Å²) in [6.07, 6.45) is 3.95. The van der Waals surface area contributed by atoms with Crippen LogP contribution in [0.3, 0.4) is 0 Å². The van der Waals surface area contributed by atoms with Gasteiger partial charge in [0.15, 0.2) is 0 Å². The number of benzene rings is 1. The van der Waals surface area contributed by atoms with Gasteiger partial charge in [-0.3, -0.25) is 4.79 Å². The number of anilines is 1. The van der Waals surface area contributed by atoms with Crippen molar-refractivity contribution in [3.05, 3.63) is 29.8 Å². The van der Waals surface area contributed by atoms with E-state index in [0.717, 1.165) is 43.5 Å². The van der Waals surface area contributed by atoms with Gasteiger partial charge in [-0.25, -0.2) is 0 Å². The fraction of sp³-hybridized carbons (Fsp3) is 0.533. The van der Waals surface area contributed by atoms with Crippen LogP contribution in [0.2, 0.25) is 0 Å². The van der Waals surface area contributed by atoms with Gasteiger partial charge in [0.1, 0.15) is 5.78 Å². The highest BCUT2D eigenvalue weighted by Crippen LogP contribution is 2.51. The molecule has 1 aromatic carbocycles. The Morgan fingerprint density at radius 1 is 1.28 bits per heavy atom. The predicted molar refractivity (Wildman–Crippen MR) is 70.3 cm³/mol. The first kappa shape index (κ1) is 11.7. The number of ether oxygens (including phenoxy) is 1. The molecule has 3 nitrogen and oxygen atoms in total. The van der Waals surface area contributed by atoms with Crippen molar-refractivity contribution in [1.82, 2.24) is 0 Å². The van der Waals surface area contributed by atoms with Crippen LogP contribution >= 0.6 is 0 Å². The van der Waals surface area contributed by atoms with Crippen LogP contribution in [0.25, 0.3) is 0 Å². The summed E-state index contributed by atoms with van der Waals surface area (Å²) < 4.78 is 5.44. The van der Waals surface area contributed by atoms with Crippen molar-refractivity contribution in [2.45, 2.75) is 31.1 Å². The Morgan fingerprint density at radius 3 is 2.56 bits per heavy atom. The van der Waals surface area contributed by atoms with Gasteiger partial charge in [-0.2, -0.15) is 0 Å². The fourth-order valence-electron chi connectivity index (χ4n) is 2.94. The van der Waals surface area contributed by atoms with Gasteiger partial charge < -0.3 is 10.5 Å². The minimum atomic E-state index is -0.223. The van der Waals surface area contributed by atoms with Crippen LogP contribution in [0.4, 0.5) is 5.69 Å². The normalized spacial score (nSPS) is 25.7. The number of hydrogen-bond donors (Lipinski definition) is 1. The Bertz CT molecular complexity index is 442. The zero-order chi connectivity index (χ0) is 12.6. The SMILES string of the molecule is Nc1ccc(C2(C(=O)C3CCCOC3)CC2)cc1. The predicted octanol–water partition coefficient (Wildman–Crippen LogP) is 2.30. The van der Waals surface area contributed by atoms with Gasteiger partial charge >= 0.3 is 0 Å². The van der Waals surface area contributed by atoms with Crippen molar-refractivity contribution < 1.29 is 9.53 Å². The zero-order valence-electron chi connectivity index (χ0n) is 10.5. The number of nitrogen functional groups attached to an aromatic ring is 1. The third-order valence-corrected chi connectivity index (χ3v) is 4.22. The van der Waals surface area contributed by atoms with E-state index in [-0.39, 0.29) is 11.3 Å². The van der Waals surface area contributed by atoms with Crippen molar-refractivity contribution in [3.8, 4) is 0 Å². The van der Waals surface area contributed by atoms with E-state index in [1.807, 2.05) is 24.3 Å². The molecule has 18 heavy (non-hydrogen) atoms. The Labute approximate surface area is 107 Å². The van der Waals surface area contributed by atoms with Crippen LogP contribution in [-0.2, 0) is 14.9 Å². The topological polar surface area (TPSA) is 52.3 Å². The standard InChI is InChI=1S/C15H19NO2/c16-13-5-3-12(4-6-13)15(7-8-15)14(17)11-2-1-9-18-10-11/h3-6,11H,1-2,7-10,16H2. The Morgan fingerprint density at radius 2 is 2.00 bits per heavy atom. The highest BCUT2D eigenvalue weighted by molar-refractivity contribution is 5.95. The Hall–Kier alpha value is -1.35. The largest absolute Gasteiger partial charge is 0.399 e. The molecule has 2 N–H and O–H groups in total. The molecule has 0 aromatic heterocycles. The molecule has 0 radical (unpaired) electrons. The molecule has 3 heteroatoms. The number of carbonyl (C=O) groups is 1. The summed E-state index contributed by atoms with van der Waals surface area (Å²) >= 11 is 0. The number of Topliss-reactive ketones (excluding diaryl/α,β-unsaturated/α-hetero) is 1. The minimum Gasteiger partial charge on any atom is -0.399 e. The molecule has 3 rings (SSSR count). The van der Waals surface area contributed by atoms with Crippen LogP contribution in [0.5, 0.6) is 0 Å². The number of nitrogens with two attached hydrogens (primary N) is 1. The molecule has 1 heterocycles. The molecule has 0 spiro atoms. The first-order valence-corrected chi connectivity index (χ1v) is 6.70. The van der Waals surface area contributed by atoms with E-state index in [0.29, 0.717) is 12.4 Å². The van der Waals surface area contributed by atoms with Crippen LogP contribution < -0.4 is 5.73 Å². The van der Waals surface area contributed by atoms with Crippen molar-refractivity contribution >= 4 is 11.5 Å². The second-order valence-corrected chi connectivity index (χ2v) is 5.48. The highest BCUT2D eigenvalue weighted by Gasteiger charge is 2.52. The van der Waals surface area contributed by atoms with Gasteiger partial charge in [-0.1, -0.05) is 12.1 Å². The maximum atomic E-state index is 12.7. The van der Waals surface area contributed by atoms with E-state index >= 15 is 0 Å². The molecule has 2 fully saturated rings. The van der Waals surface area contributed by atoms with E-state index in [2.05, 4.69) is 0 Å². The molecule has 1 saturated heterocycles. The van der Waals surface area contributed by atoms with Crippen LogP contribution in [0, 0.1) is 5.92 Å². The van der Waals surface area contributed by atoms with Crippen LogP contribution in [0.15, 0.2) is 24.3 Å². The van der Waals surface area contributed by atoms with E-state index < -0.39 is 0 Å². The number of rotatable bonds is 3. The monoisotopic (exact) mass is 245 g/mol. The lowest BCUT2D eigenvalue weighted by Crippen LogP contribution is -2.33. The number of ketones is 1. The van der Waals surface area contributed by atoms with Crippen LogP contribution in [-0.4, -0.2) is 19.0 Å². The Kier molecular flexibility index (Phi) is 2.86. The van der Waals surface area contributed by atoms with E-state index in [1.54, 1.807) is 0 Å². The first-order chi connectivity index (χ1) is 8.72. The molecular formula is C15H19NO2. The molecule has 1 aliphatic carbocycles. The molecule has 1 unspecified atom stereocenters. The molecule has 1 aliphatic heterocycles. The molecule has 0 bridgehead atoms. The fourth-order valence-corrected chi connectivity index (χ4v) is 2.94. The van der Waals surface area contributed by atoms with Gasteiger partial charge in [-0.15, -0.1) is 0 Å². The molecule has 0 amide bonds. The molecule has 1 saturated carbocycles. The summed E-state index contributed by atoms with van der Waals surface area (Å²) in [5.41, 5.74) is 7.37. The van der Waals surface area contributed by atoms with Crippen LogP contribution in [0.1, 0.15) is 31.2 Å². The second kappa shape index (κ2) is 4.39. The molecule has 96 valence electrons. The van der Waals surface area contributed by atoms with E-state index in [9.17, 15) is 4.79 Å². The highest BCUT2D eigenvalue weighted by atomic mass is 16.5. The third kappa shape index (κ3) is 1.93. The lowest BCUT2D eigenvalue weighted by atomic mass is 9.82. The average Bonchev–Trinajstić information content (AvgIpc) is 3.21. The third-order valence-electron chi connectivity index (χ3n) is 4.22. The zero-order valence-corrected chi connectivity index (χ0v) is 10.5. The molecule has 2 aliphatic rings. The van der Waals surface area contributed by atoms with Gasteiger partial charge in [0.25, 0.3) is 0 Å². The Balaban J connectivity index is 1.81. The van der Waals surface area contributed by atoms with Crippen molar-refractivity contribution in [2.24, 2.45) is 5.92 Å². The van der Waals surface area contributed by atoms with Crippen molar-refractivity contribution in [1.29, 1.82) is 0 Å². The van der Waals surface area contributed by atoms with Crippen molar-refractivity contribution in [2.75, 3.05) is 18.9 Å². The average molecular weight is 245 g/mol. The summed E-state index contributed by atoms with van der Waals surface area (Å²) in [6.45, 7) is 1.41. The first-order valence-electron chi connectivity index (χ1n) is 6.70. The summed E-state index contributed by atoms with van der Waals surface area (Å²) in [4.78, 5) is 12.7. The summed E-state index contributed by atoms with van der Waals surface area (Å²) in [7, 11) is 0. The maximum absolute atomic E-state index is 12.7. The number of carbonyl (C=O) groups excluding carboxylic acids is 1. The minimum absolute atomic E-state index is 0.0961. The molecule has 1 atom stereocenters. The molecular weight excluding hydrogens is 226 g/mol. The van der Waals surface area contributed by atoms with Gasteiger partial charge in [0.2, 0.25) is 0 Å². The lowest BCUT2D eigenvalue weighted by Gasteiger charge is -2.25. The second-order valence-electron chi connectivity index (χ2n) is 5.48. The maximum Gasteiger partial charge on any atom is 0.148 e. The van der Waals surface area contributed by atoms with Gasteiger partial charge in [0.05, 0.1) is 12.0 Å².